The molecular formula is C15H21NO2. The molecule has 3 nitrogen and oxygen atoms in total. The zero-order valence-corrected chi connectivity index (χ0v) is 11.1. The van der Waals surface area contributed by atoms with Gasteiger partial charge in [0.25, 0.3) is 0 Å². The molecule has 0 spiro atoms. The number of carbonyl (C=O) groups is 1. The zero-order chi connectivity index (χ0) is 13.2. The molecule has 18 heavy (non-hydrogen) atoms. The van der Waals surface area contributed by atoms with Gasteiger partial charge in [-0.25, -0.2) is 4.79 Å². The van der Waals surface area contributed by atoms with Crippen molar-refractivity contribution in [3.05, 3.63) is 29.8 Å². The molecule has 0 atom stereocenters. The Kier molecular flexibility index (Phi) is 3.60. The second kappa shape index (κ2) is 5.01. The van der Waals surface area contributed by atoms with E-state index in [1.165, 1.54) is 5.56 Å². The van der Waals surface area contributed by atoms with Crippen LogP contribution in [0.1, 0.15) is 38.2 Å². The van der Waals surface area contributed by atoms with E-state index < -0.39 is 11.5 Å². The first-order valence-electron chi connectivity index (χ1n) is 6.66. The molecule has 0 radical (unpaired) electrons. The molecular weight excluding hydrogens is 226 g/mol. The summed E-state index contributed by atoms with van der Waals surface area (Å²) in [7, 11) is 1.90. The van der Waals surface area contributed by atoms with Crippen LogP contribution in [-0.2, 0) is 11.2 Å². The highest BCUT2D eigenvalue weighted by molar-refractivity contribution is 5.84. The lowest BCUT2D eigenvalue weighted by molar-refractivity contribution is -0.143. The van der Waals surface area contributed by atoms with Crippen molar-refractivity contribution in [1.82, 2.24) is 0 Å². The van der Waals surface area contributed by atoms with Crippen LogP contribution in [0.4, 0.5) is 5.69 Å². The minimum atomic E-state index is -0.701. The van der Waals surface area contributed by atoms with Crippen molar-refractivity contribution < 1.29 is 9.90 Å². The van der Waals surface area contributed by atoms with Crippen LogP contribution in [0.3, 0.4) is 0 Å². The number of nitrogens with zero attached hydrogens (tertiary/aromatic N) is 1. The maximum absolute atomic E-state index is 11.6. The number of rotatable bonds is 4. The monoisotopic (exact) mass is 247 g/mol. The average molecular weight is 247 g/mol. The van der Waals surface area contributed by atoms with Crippen LogP contribution in [0.2, 0.25) is 0 Å². The third kappa shape index (κ3) is 2.09. The van der Waals surface area contributed by atoms with Gasteiger partial charge in [0, 0.05) is 12.7 Å². The highest BCUT2D eigenvalue weighted by atomic mass is 16.4. The lowest BCUT2D eigenvalue weighted by Crippen LogP contribution is -2.51. The van der Waals surface area contributed by atoms with Gasteiger partial charge in [-0.2, -0.15) is 0 Å². The summed E-state index contributed by atoms with van der Waals surface area (Å²) in [5, 5.41) is 9.55. The Labute approximate surface area is 108 Å². The summed E-state index contributed by atoms with van der Waals surface area (Å²) in [6.07, 6.45) is 4.50. The highest BCUT2D eigenvalue weighted by Crippen LogP contribution is 2.37. The maximum atomic E-state index is 11.6. The predicted octanol–water partition coefficient (Wildman–Crippen LogP) is 3.08. The Morgan fingerprint density at radius 3 is 2.28 bits per heavy atom. The Morgan fingerprint density at radius 1 is 1.28 bits per heavy atom. The van der Waals surface area contributed by atoms with Gasteiger partial charge in [-0.05, 0) is 37.0 Å². The van der Waals surface area contributed by atoms with Crippen molar-refractivity contribution in [3.63, 3.8) is 0 Å². The van der Waals surface area contributed by atoms with E-state index in [-0.39, 0.29) is 0 Å². The molecule has 0 amide bonds. The number of carboxylic acids is 1. The van der Waals surface area contributed by atoms with Crippen molar-refractivity contribution in [2.75, 3.05) is 11.9 Å². The van der Waals surface area contributed by atoms with Gasteiger partial charge < -0.3 is 10.0 Å². The smallest absolute Gasteiger partial charge is 0.329 e. The third-order valence-electron chi connectivity index (χ3n) is 4.20. The second-order valence-corrected chi connectivity index (χ2v) is 5.12. The molecule has 0 saturated heterocycles. The summed E-state index contributed by atoms with van der Waals surface area (Å²) in [4.78, 5) is 13.6. The Bertz CT molecular complexity index is 419. The van der Waals surface area contributed by atoms with Gasteiger partial charge in [0.15, 0.2) is 0 Å². The van der Waals surface area contributed by atoms with Crippen molar-refractivity contribution in [2.45, 2.75) is 44.6 Å². The molecule has 1 aromatic rings. The summed E-state index contributed by atoms with van der Waals surface area (Å²) < 4.78 is 0. The molecule has 1 N–H and O–H groups in total. The fourth-order valence-corrected chi connectivity index (χ4v) is 2.86. The standard InChI is InChI=1S/C15H21NO2/c1-3-12-6-8-13(9-7-12)16(2)15(14(17)18)10-4-5-11-15/h6-9H,3-5,10-11H2,1-2H3,(H,17,18). The predicted molar refractivity (Wildman–Crippen MR) is 73.1 cm³/mol. The van der Waals surface area contributed by atoms with Crippen LogP contribution >= 0.6 is 0 Å². The summed E-state index contributed by atoms with van der Waals surface area (Å²) >= 11 is 0. The van der Waals surface area contributed by atoms with Gasteiger partial charge in [-0.15, -0.1) is 0 Å². The van der Waals surface area contributed by atoms with Gasteiger partial charge in [-0.3, -0.25) is 0 Å². The van der Waals surface area contributed by atoms with E-state index in [0.29, 0.717) is 0 Å². The highest BCUT2D eigenvalue weighted by Gasteiger charge is 2.45. The number of anilines is 1. The Hall–Kier alpha value is -1.51. The van der Waals surface area contributed by atoms with Crippen LogP contribution in [0, 0.1) is 0 Å². The van der Waals surface area contributed by atoms with Crippen LogP contribution in [0.25, 0.3) is 0 Å². The van der Waals surface area contributed by atoms with Crippen LogP contribution in [0.5, 0.6) is 0 Å². The Balaban J connectivity index is 2.27. The topological polar surface area (TPSA) is 40.5 Å². The molecule has 1 saturated carbocycles. The molecule has 0 aromatic heterocycles. The molecule has 0 bridgehead atoms. The van der Waals surface area contributed by atoms with E-state index in [0.717, 1.165) is 37.8 Å². The minimum Gasteiger partial charge on any atom is -0.479 e. The Morgan fingerprint density at radius 2 is 1.83 bits per heavy atom. The third-order valence-corrected chi connectivity index (χ3v) is 4.20. The molecule has 0 aliphatic heterocycles. The van der Waals surface area contributed by atoms with E-state index in [2.05, 4.69) is 19.1 Å². The van der Waals surface area contributed by atoms with Gasteiger partial charge in [0.2, 0.25) is 0 Å². The molecule has 0 heterocycles. The fraction of sp³-hybridized carbons (Fsp3) is 0.533. The maximum Gasteiger partial charge on any atom is 0.329 e. The van der Waals surface area contributed by atoms with E-state index in [9.17, 15) is 9.90 Å². The molecule has 1 aromatic carbocycles. The number of benzene rings is 1. The fourth-order valence-electron chi connectivity index (χ4n) is 2.86. The van der Waals surface area contributed by atoms with Crippen LogP contribution in [0.15, 0.2) is 24.3 Å². The van der Waals surface area contributed by atoms with Crippen LogP contribution < -0.4 is 4.90 Å². The normalized spacial score (nSPS) is 17.7. The first-order chi connectivity index (χ1) is 8.60. The SMILES string of the molecule is CCc1ccc(N(C)C2(C(=O)O)CCCC2)cc1. The summed E-state index contributed by atoms with van der Waals surface area (Å²) in [5.41, 5.74) is 1.58. The molecule has 2 rings (SSSR count). The lowest BCUT2D eigenvalue weighted by Gasteiger charge is -2.36. The molecule has 98 valence electrons. The van der Waals surface area contributed by atoms with Crippen molar-refractivity contribution in [2.24, 2.45) is 0 Å². The van der Waals surface area contributed by atoms with Crippen molar-refractivity contribution >= 4 is 11.7 Å². The van der Waals surface area contributed by atoms with Gasteiger partial charge in [0.05, 0.1) is 0 Å². The summed E-state index contributed by atoms with van der Waals surface area (Å²) in [5.74, 6) is -0.693. The zero-order valence-electron chi connectivity index (χ0n) is 11.1. The summed E-state index contributed by atoms with van der Waals surface area (Å²) in [6.45, 7) is 2.12. The molecule has 1 fully saturated rings. The number of hydrogen-bond donors (Lipinski definition) is 1. The molecule has 0 unspecified atom stereocenters. The van der Waals surface area contributed by atoms with E-state index in [1.54, 1.807) is 0 Å². The number of carboxylic acid groups (broad SMARTS) is 1. The van der Waals surface area contributed by atoms with E-state index in [4.69, 9.17) is 0 Å². The van der Waals surface area contributed by atoms with Gasteiger partial charge >= 0.3 is 5.97 Å². The molecule has 1 aliphatic carbocycles. The van der Waals surface area contributed by atoms with Crippen molar-refractivity contribution in [1.29, 1.82) is 0 Å². The van der Waals surface area contributed by atoms with Gasteiger partial charge in [0.1, 0.15) is 5.54 Å². The molecule has 3 heteroatoms. The first-order valence-corrected chi connectivity index (χ1v) is 6.66. The number of aryl methyl sites for hydroxylation is 1. The molecule has 1 aliphatic rings. The minimum absolute atomic E-state index is 0.693. The van der Waals surface area contributed by atoms with Crippen LogP contribution in [-0.4, -0.2) is 23.7 Å². The largest absolute Gasteiger partial charge is 0.479 e. The number of hydrogen-bond acceptors (Lipinski definition) is 2. The van der Waals surface area contributed by atoms with Crippen molar-refractivity contribution in [3.8, 4) is 0 Å². The number of aliphatic carboxylic acids is 1. The van der Waals surface area contributed by atoms with E-state index in [1.807, 2.05) is 24.1 Å². The van der Waals surface area contributed by atoms with Gasteiger partial charge in [-0.1, -0.05) is 31.9 Å². The lowest BCUT2D eigenvalue weighted by atomic mass is 9.95. The quantitative estimate of drug-likeness (QED) is 0.889. The average Bonchev–Trinajstić information content (AvgIpc) is 2.88. The first kappa shape index (κ1) is 12.9. The second-order valence-electron chi connectivity index (χ2n) is 5.12. The number of likely N-dealkylation sites (N-methyl/N-ethyl adjacent to an activating group) is 1. The van der Waals surface area contributed by atoms with E-state index >= 15 is 0 Å². The summed E-state index contributed by atoms with van der Waals surface area (Å²) in [6, 6.07) is 8.22.